The molecule has 0 saturated heterocycles. The van der Waals surface area contributed by atoms with Crippen LogP contribution >= 0.6 is 10.1 Å². The van der Waals surface area contributed by atoms with E-state index in [4.69, 9.17) is 19.9 Å². The molecule has 0 spiro atoms. The van der Waals surface area contributed by atoms with Gasteiger partial charge in [-0.3, -0.25) is 0 Å². The molecule has 5 rings (SSSR count). The first kappa shape index (κ1) is 28.4. The molecule has 0 amide bonds. The second kappa shape index (κ2) is 11.6. The van der Waals surface area contributed by atoms with Crippen molar-refractivity contribution >= 4 is 54.5 Å². The number of nitrogens with zero attached hydrogens (tertiary/aromatic N) is 4. The Bertz CT molecular complexity index is 1500. The first-order chi connectivity index (χ1) is 18.3. The van der Waals surface area contributed by atoms with E-state index >= 15 is 0 Å². The first-order valence-corrected chi connectivity index (χ1v) is 14.9. The number of fused-ring (bicyclic) bond motifs is 8. The van der Waals surface area contributed by atoms with E-state index in [2.05, 4.69) is 105 Å². The van der Waals surface area contributed by atoms with Crippen LogP contribution in [0.4, 0.5) is 0 Å². The SMILES string of the molecule is CCC1=C(C)c2cc3[n-]c(cc4nc(cc5[n-]c(cc1n2)c(C)c5CC)C(C)=C4CC)c(C)c3CC.[Cl][Co+2]. The van der Waals surface area contributed by atoms with Crippen LogP contribution in [-0.2, 0) is 27.7 Å². The van der Waals surface area contributed by atoms with Gasteiger partial charge in [0.05, 0.1) is 22.8 Å². The molecule has 3 aromatic heterocycles. The van der Waals surface area contributed by atoms with Crippen molar-refractivity contribution in [2.75, 3.05) is 0 Å². The molecule has 5 heterocycles. The van der Waals surface area contributed by atoms with Crippen LogP contribution in [0.5, 0.6) is 0 Å². The van der Waals surface area contributed by atoms with Crippen LogP contribution < -0.4 is 9.97 Å². The van der Waals surface area contributed by atoms with Crippen molar-refractivity contribution in [1.29, 1.82) is 0 Å². The maximum atomic E-state index is 5.11. The summed E-state index contributed by atoms with van der Waals surface area (Å²) in [6.45, 7) is 17.6. The molecule has 6 heteroatoms. The van der Waals surface area contributed by atoms with Crippen LogP contribution in [0, 0.1) is 13.8 Å². The Kier molecular flexibility index (Phi) is 8.70. The zero-order valence-corrected chi connectivity index (χ0v) is 25.4. The average molecular weight is 571 g/mol. The summed E-state index contributed by atoms with van der Waals surface area (Å²) in [5.41, 5.74) is 18.2. The van der Waals surface area contributed by atoms with Gasteiger partial charge in [0.25, 0.3) is 0 Å². The number of aryl methyl sites for hydroxylation is 4. The van der Waals surface area contributed by atoms with Crippen molar-refractivity contribution in [3.05, 3.63) is 69.3 Å². The summed E-state index contributed by atoms with van der Waals surface area (Å²) < 4.78 is 0. The van der Waals surface area contributed by atoms with Crippen LogP contribution in [0.25, 0.3) is 44.4 Å². The van der Waals surface area contributed by atoms with Gasteiger partial charge in [-0.2, -0.15) is 0 Å². The van der Waals surface area contributed by atoms with Crippen LogP contribution in [0.2, 0.25) is 0 Å². The Morgan fingerprint density at radius 1 is 0.553 bits per heavy atom. The summed E-state index contributed by atoms with van der Waals surface area (Å²) in [5, 5.41) is 0. The zero-order chi connectivity index (χ0) is 27.7. The summed E-state index contributed by atoms with van der Waals surface area (Å²) >= 11 is 3.03. The molecular weight excluding hydrogens is 535 g/mol. The summed E-state index contributed by atoms with van der Waals surface area (Å²) in [7, 11) is 4.33. The minimum absolute atomic E-state index is 0.934. The van der Waals surface area contributed by atoms with E-state index in [-0.39, 0.29) is 0 Å². The Labute approximate surface area is 238 Å². The Hall–Kier alpha value is -2.60. The summed E-state index contributed by atoms with van der Waals surface area (Å²) in [6.07, 6.45) is 3.74. The number of hydrogen-bond acceptors (Lipinski definition) is 2. The van der Waals surface area contributed by atoms with E-state index in [1.54, 1.807) is 0 Å². The molecule has 0 N–H and O–H groups in total. The Morgan fingerprint density at radius 2 is 0.895 bits per heavy atom. The van der Waals surface area contributed by atoms with Gasteiger partial charge in [-0.05, 0) is 75.7 Å². The number of rotatable bonds is 4. The number of hydrogen-bond donors (Lipinski definition) is 0. The third-order valence-corrected chi connectivity index (χ3v) is 8.06. The van der Waals surface area contributed by atoms with Crippen LogP contribution in [0.3, 0.4) is 0 Å². The molecule has 3 aromatic rings. The van der Waals surface area contributed by atoms with Gasteiger partial charge in [-0.1, -0.05) is 74.2 Å². The second-order valence-corrected chi connectivity index (χ2v) is 9.93. The topological polar surface area (TPSA) is 54.0 Å². The molecule has 0 aromatic carbocycles. The van der Waals surface area contributed by atoms with Crippen molar-refractivity contribution in [1.82, 2.24) is 19.9 Å². The van der Waals surface area contributed by atoms with Gasteiger partial charge in [0.2, 0.25) is 0 Å². The number of aromatic nitrogens is 4. The first-order valence-electron chi connectivity index (χ1n) is 13.5. The van der Waals surface area contributed by atoms with Gasteiger partial charge in [0, 0.05) is 0 Å². The molecule has 0 fully saturated rings. The van der Waals surface area contributed by atoms with Gasteiger partial charge in [0.15, 0.2) is 0 Å². The van der Waals surface area contributed by atoms with E-state index in [0.717, 1.165) is 70.5 Å². The molecule has 38 heavy (non-hydrogen) atoms. The summed E-state index contributed by atoms with van der Waals surface area (Å²) in [5.74, 6) is 0. The molecule has 2 aliphatic heterocycles. The number of halogens is 1. The molecule has 0 atom stereocenters. The van der Waals surface area contributed by atoms with Gasteiger partial charge in [-0.25, -0.2) is 9.97 Å². The standard InChI is InChI=1S/C32H36N4.ClH.Co/c1-9-21-17(5)25-14-30-23(11-3)19(7)27(35-30)16-32-24(12-4)20(8)28(36-32)15-31-22(10-2)18(6)26(34-31)13-29(21)33-25;;/h13-16H,9-12H2,1-8H3;1H;/q-2;;+3/p-1. The van der Waals surface area contributed by atoms with E-state index < -0.39 is 0 Å². The van der Waals surface area contributed by atoms with E-state index in [1.807, 2.05) is 0 Å². The van der Waals surface area contributed by atoms with Crippen molar-refractivity contribution in [2.45, 2.75) is 81.1 Å². The molecule has 0 aliphatic carbocycles. The molecule has 8 bridgehead atoms. The van der Waals surface area contributed by atoms with Crippen molar-refractivity contribution in [2.24, 2.45) is 0 Å². The molecule has 0 unspecified atom stereocenters. The molecular formula is C32H36ClCoN4. The fraction of sp³-hybridized carbons (Fsp3) is 0.375. The molecule has 0 radical (unpaired) electrons. The zero-order valence-electron chi connectivity index (χ0n) is 23.6. The fourth-order valence-corrected chi connectivity index (χ4v) is 5.85. The summed E-state index contributed by atoms with van der Waals surface area (Å²) in [6, 6.07) is 8.72. The van der Waals surface area contributed by atoms with Gasteiger partial charge in [-0.15, -0.1) is 22.1 Å². The predicted molar refractivity (Wildman–Crippen MR) is 159 cm³/mol. The van der Waals surface area contributed by atoms with Crippen molar-refractivity contribution in [3.8, 4) is 0 Å². The Balaban J connectivity index is 0.00000164. The van der Waals surface area contributed by atoms with Crippen LogP contribution in [0.15, 0.2) is 24.3 Å². The minimum atomic E-state index is 0.934. The molecule has 4 nitrogen and oxygen atoms in total. The second-order valence-electron chi connectivity index (χ2n) is 9.93. The van der Waals surface area contributed by atoms with Crippen LogP contribution in [-0.4, -0.2) is 9.97 Å². The normalized spacial score (nSPS) is 13.2. The van der Waals surface area contributed by atoms with Gasteiger partial charge >= 0.3 is 25.0 Å². The fourth-order valence-electron chi connectivity index (χ4n) is 5.85. The maximum absolute atomic E-state index is 5.11. The van der Waals surface area contributed by atoms with E-state index in [1.165, 1.54) is 44.5 Å². The monoisotopic (exact) mass is 570 g/mol. The van der Waals surface area contributed by atoms with Gasteiger partial charge in [0.1, 0.15) is 0 Å². The molecule has 200 valence electrons. The van der Waals surface area contributed by atoms with Gasteiger partial charge < -0.3 is 9.97 Å². The average Bonchev–Trinajstić information content (AvgIpc) is 3.57. The van der Waals surface area contributed by atoms with Crippen molar-refractivity contribution < 1.29 is 14.8 Å². The summed E-state index contributed by atoms with van der Waals surface area (Å²) in [4.78, 5) is 20.4. The van der Waals surface area contributed by atoms with E-state index in [9.17, 15) is 0 Å². The predicted octanol–water partition coefficient (Wildman–Crippen LogP) is 8.68. The van der Waals surface area contributed by atoms with Crippen molar-refractivity contribution in [3.63, 3.8) is 0 Å². The molecule has 0 saturated carbocycles. The third kappa shape index (κ3) is 4.81. The van der Waals surface area contributed by atoms with E-state index in [0.29, 0.717) is 0 Å². The third-order valence-electron chi connectivity index (χ3n) is 8.06. The van der Waals surface area contributed by atoms with Crippen LogP contribution in [0.1, 0.15) is 99.4 Å². The Morgan fingerprint density at radius 3 is 1.21 bits per heavy atom. The quantitative estimate of drug-likeness (QED) is 0.315. The molecule has 2 aliphatic rings. The number of allylic oxidation sites excluding steroid dienone is 4.